The predicted octanol–water partition coefficient (Wildman–Crippen LogP) is 6.56. The first-order valence-corrected chi connectivity index (χ1v) is 12.7. The normalized spacial score (nSPS) is 11.4. The molecule has 0 bridgehead atoms. The highest BCUT2D eigenvalue weighted by molar-refractivity contribution is 9.10. The summed E-state index contributed by atoms with van der Waals surface area (Å²) in [6.45, 7) is 4.38. The number of hydrogen-bond donors (Lipinski definition) is 0. The summed E-state index contributed by atoms with van der Waals surface area (Å²) in [6.07, 6.45) is 0.994. The van der Waals surface area contributed by atoms with Gasteiger partial charge in [-0.15, -0.1) is 0 Å². The molecule has 0 amide bonds. The van der Waals surface area contributed by atoms with E-state index in [0.717, 1.165) is 6.16 Å². The lowest BCUT2D eigenvalue weighted by atomic mass is 10.1. The van der Waals surface area contributed by atoms with Crippen LogP contribution in [0, 0.1) is 13.8 Å². The van der Waals surface area contributed by atoms with Gasteiger partial charge in [-0.3, -0.25) is 0 Å². The van der Waals surface area contributed by atoms with Crippen LogP contribution in [0.2, 0.25) is 0 Å². The highest BCUT2D eigenvalue weighted by atomic mass is 79.9. The molecule has 144 valence electrons. The van der Waals surface area contributed by atoms with Gasteiger partial charge in [0, 0.05) is 10.0 Å². The fourth-order valence-corrected chi connectivity index (χ4v) is 9.01. The summed E-state index contributed by atoms with van der Waals surface area (Å²) in [5, 5.41) is 4.26. The van der Waals surface area contributed by atoms with Crippen LogP contribution in [0.1, 0.15) is 16.7 Å². The van der Waals surface area contributed by atoms with Crippen molar-refractivity contribution in [3.63, 3.8) is 0 Å². The van der Waals surface area contributed by atoms with Crippen molar-refractivity contribution in [2.24, 2.45) is 0 Å². The van der Waals surface area contributed by atoms with Crippen LogP contribution in [0.25, 0.3) is 0 Å². The number of benzene rings is 4. The third-order valence-corrected chi connectivity index (χ3v) is 11.0. The lowest BCUT2D eigenvalue weighted by Crippen LogP contribution is -2.32. The van der Waals surface area contributed by atoms with E-state index in [0.29, 0.717) is 0 Å². The van der Waals surface area contributed by atoms with Crippen LogP contribution in [0.4, 0.5) is 0 Å². The minimum atomic E-state index is -1.87. The molecule has 2 heteroatoms. The van der Waals surface area contributed by atoms with E-state index in [9.17, 15) is 0 Å². The summed E-state index contributed by atoms with van der Waals surface area (Å²) in [5.74, 6) is 0. The van der Waals surface area contributed by atoms with Crippen molar-refractivity contribution in [3.8, 4) is 0 Å². The van der Waals surface area contributed by atoms with Crippen LogP contribution < -0.4 is 15.9 Å². The van der Waals surface area contributed by atoms with Crippen molar-refractivity contribution >= 4 is 39.1 Å². The summed E-state index contributed by atoms with van der Waals surface area (Å²) in [4.78, 5) is 0. The Hall–Kier alpha value is -2.21. The van der Waals surface area contributed by atoms with Crippen LogP contribution >= 0.6 is 23.2 Å². The summed E-state index contributed by atoms with van der Waals surface area (Å²) in [7, 11) is -1.87. The highest BCUT2D eigenvalue weighted by Crippen LogP contribution is 2.58. The van der Waals surface area contributed by atoms with Crippen molar-refractivity contribution in [2.75, 3.05) is 0 Å². The van der Waals surface area contributed by atoms with Gasteiger partial charge >= 0.3 is 0 Å². The second-order valence-corrected chi connectivity index (χ2v) is 11.8. The Morgan fingerprint density at radius 2 is 1.03 bits per heavy atom. The molecule has 0 saturated heterocycles. The fraction of sp³-hybridized carbons (Fsp3) is 0.111. The zero-order valence-electron chi connectivity index (χ0n) is 16.8. The molecule has 0 aliphatic rings. The summed E-state index contributed by atoms with van der Waals surface area (Å²) < 4.78 is 1.23. The molecule has 4 aromatic carbocycles. The molecule has 0 nitrogen and oxygen atoms in total. The molecule has 4 rings (SSSR count). The third kappa shape index (κ3) is 3.95. The van der Waals surface area contributed by atoms with E-state index in [4.69, 9.17) is 0 Å². The zero-order valence-corrected chi connectivity index (χ0v) is 19.3. The molecule has 0 heterocycles. The molecule has 0 radical (unpaired) electrons. The van der Waals surface area contributed by atoms with E-state index in [1.165, 1.54) is 37.1 Å². The number of rotatable bonds is 5. The molecule has 0 atom stereocenters. The first kappa shape index (κ1) is 20.1. The lowest BCUT2D eigenvalue weighted by molar-refractivity contribution is 1.26. The fourth-order valence-electron chi connectivity index (χ4n) is 4.18. The Balaban J connectivity index is 2.04. The lowest BCUT2D eigenvalue weighted by Gasteiger charge is -2.28. The van der Waals surface area contributed by atoms with Crippen molar-refractivity contribution in [1.82, 2.24) is 0 Å². The Morgan fingerprint density at radius 3 is 1.45 bits per heavy atom. The monoisotopic (exact) mass is 459 g/mol. The molecule has 4 aromatic rings. The van der Waals surface area contributed by atoms with Crippen LogP contribution in [0.15, 0.2) is 108 Å². The molecular weight excluding hydrogens is 435 g/mol. The van der Waals surface area contributed by atoms with Crippen LogP contribution in [0.3, 0.4) is 0 Å². The highest BCUT2D eigenvalue weighted by Gasteiger charge is 2.45. The molecular formula is C27H25BrP+. The van der Waals surface area contributed by atoms with Gasteiger partial charge < -0.3 is 0 Å². The number of hydrogen-bond acceptors (Lipinski definition) is 0. The SMILES string of the molecule is Cc1cc(C)c(Br)c(C[P+](c2ccccc2)(c2ccccc2)c2ccccc2)c1. The van der Waals surface area contributed by atoms with Crippen molar-refractivity contribution in [1.29, 1.82) is 0 Å². The molecule has 0 aromatic heterocycles. The molecule has 0 N–H and O–H groups in total. The van der Waals surface area contributed by atoms with Crippen LogP contribution in [-0.2, 0) is 6.16 Å². The molecule has 0 aliphatic carbocycles. The Bertz CT molecular complexity index is 993. The number of halogens is 1. The number of aryl methyl sites for hydroxylation is 2. The summed E-state index contributed by atoms with van der Waals surface area (Å²) >= 11 is 3.90. The molecule has 0 fully saturated rings. The molecule has 0 spiro atoms. The second-order valence-electron chi connectivity index (χ2n) is 7.53. The van der Waals surface area contributed by atoms with Gasteiger partial charge in [0.2, 0.25) is 0 Å². The maximum atomic E-state index is 3.90. The summed E-state index contributed by atoms with van der Waals surface area (Å²) in [5.41, 5.74) is 3.99. The van der Waals surface area contributed by atoms with Crippen LogP contribution in [0.5, 0.6) is 0 Å². The van der Waals surface area contributed by atoms with Gasteiger partial charge in [-0.2, -0.15) is 0 Å². The van der Waals surface area contributed by atoms with E-state index in [1.807, 2.05) is 0 Å². The smallest absolute Gasteiger partial charge is 0.0620 e. The quantitative estimate of drug-likeness (QED) is 0.296. The topological polar surface area (TPSA) is 0 Å². The van der Waals surface area contributed by atoms with Gasteiger partial charge in [0.25, 0.3) is 0 Å². The van der Waals surface area contributed by atoms with Crippen LogP contribution in [-0.4, -0.2) is 0 Å². The van der Waals surface area contributed by atoms with E-state index in [2.05, 4.69) is 133 Å². The first-order chi connectivity index (χ1) is 14.1. The molecule has 29 heavy (non-hydrogen) atoms. The Morgan fingerprint density at radius 1 is 0.621 bits per heavy atom. The Labute approximate surface area is 183 Å². The van der Waals surface area contributed by atoms with E-state index >= 15 is 0 Å². The minimum absolute atomic E-state index is 0.994. The molecule has 0 aliphatic heterocycles. The van der Waals surface area contributed by atoms with Crippen molar-refractivity contribution in [2.45, 2.75) is 20.0 Å². The minimum Gasteiger partial charge on any atom is -0.0620 e. The van der Waals surface area contributed by atoms with Gasteiger partial charge in [-0.05, 0) is 55.8 Å². The van der Waals surface area contributed by atoms with Gasteiger partial charge in [0.1, 0.15) is 23.2 Å². The first-order valence-electron chi connectivity index (χ1n) is 9.92. The van der Waals surface area contributed by atoms with Gasteiger partial charge in [0.15, 0.2) is 0 Å². The Kier molecular flexibility index (Phi) is 5.99. The van der Waals surface area contributed by atoms with E-state index in [1.54, 1.807) is 0 Å². The van der Waals surface area contributed by atoms with Crippen molar-refractivity contribution < 1.29 is 0 Å². The molecule has 0 unspecified atom stereocenters. The summed E-state index contributed by atoms with van der Waals surface area (Å²) in [6, 6.07) is 37.8. The molecule has 0 saturated carbocycles. The van der Waals surface area contributed by atoms with Crippen molar-refractivity contribution in [3.05, 3.63) is 124 Å². The standard InChI is InChI=1S/C27H25BrP/c1-21-18-22(2)27(28)23(19-21)20-29(24-12-6-3-7-13-24,25-14-8-4-9-15-25)26-16-10-5-11-17-26/h3-19H,20H2,1-2H3/q+1. The second kappa shape index (κ2) is 8.66. The third-order valence-electron chi connectivity index (χ3n) is 5.47. The average molecular weight is 460 g/mol. The van der Waals surface area contributed by atoms with E-state index < -0.39 is 7.26 Å². The van der Waals surface area contributed by atoms with E-state index in [-0.39, 0.29) is 0 Å². The largest absolute Gasteiger partial charge is 0.116 e. The van der Waals surface area contributed by atoms with Gasteiger partial charge in [-0.25, -0.2) is 0 Å². The zero-order chi connectivity index (χ0) is 20.3. The van der Waals surface area contributed by atoms with Gasteiger partial charge in [0.05, 0.1) is 6.16 Å². The maximum absolute atomic E-state index is 3.90. The average Bonchev–Trinajstić information content (AvgIpc) is 2.77. The maximum Gasteiger partial charge on any atom is 0.116 e. The predicted molar refractivity (Wildman–Crippen MR) is 132 cm³/mol. The van der Waals surface area contributed by atoms with Gasteiger partial charge in [-0.1, -0.05) is 88.2 Å².